The number of thiazole rings is 1. The minimum Gasteiger partial charge on any atom is -0.357 e. The van der Waals surface area contributed by atoms with Crippen molar-refractivity contribution in [3.05, 3.63) is 16.1 Å². The Morgan fingerprint density at radius 2 is 1.89 bits per heavy atom. The number of aromatic nitrogens is 1. The Kier molecular flexibility index (Phi) is 11.3. The highest BCUT2D eigenvalue weighted by Crippen LogP contribution is 2.20. The molecule has 0 radical (unpaired) electrons. The zero-order valence-corrected chi connectivity index (χ0v) is 20.7. The number of likely N-dealkylation sites (tertiary alicyclic amines) is 1. The predicted molar refractivity (Wildman–Crippen MR) is 128 cm³/mol. The minimum absolute atomic E-state index is 0. The monoisotopic (exact) mass is 522 g/mol. The topological polar surface area (TPSA) is 81.7 Å². The molecule has 7 nitrogen and oxygen atoms in total. The Morgan fingerprint density at radius 1 is 1.21 bits per heavy atom. The zero-order valence-electron chi connectivity index (χ0n) is 17.5. The first-order chi connectivity index (χ1) is 12.9. The van der Waals surface area contributed by atoms with E-state index in [0.717, 1.165) is 37.8 Å². The average molecular weight is 523 g/mol. The van der Waals surface area contributed by atoms with Crippen LogP contribution in [-0.4, -0.2) is 66.6 Å². The van der Waals surface area contributed by atoms with Crippen LogP contribution in [0.15, 0.2) is 10.5 Å². The number of hydrogen-bond acceptors (Lipinski definition) is 5. The standard InChI is InChI=1S/C19H34N6OS.HI/c1-5-20-18(23-13-19(3,4)25-11-7-6-8-12-25)22-10-9-21-17(26)16-15(2)24-14-27-16;/h14H,5-13H2,1-4H3,(H,21,26)(H2,20,22,23);1H. The third kappa shape index (κ3) is 7.82. The lowest BCUT2D eigenvalue weighted by Gasteiger charge is -2.40. The number of amides is 1. The van der Waals surface area contributed by atoms with Gasteiger partial charge in [-0.3, -0.25) is 14.7 Å². The van der Waals surface area contributed by atoms with E-state index < -0.39 is 0 Å². The van der Waals surface area contributed by atoms with Crippen molar-refractivity contribution in [2.24, 2.45) is 4.99 Å². The number of carbonyl (C=O) groups is 1. The van der Waals surface area contributed by atoms with Gasteiger partial charge >= 0.3 is 0 Å². The fourth-order valence-corrected chi connectivity index (χ4v) is 3.89. The molecule has 160 valence electrons. The van der Waals surface area contributed by atoms with Crippen LogP contribution < -0.4 is 16.0 Å². The van der Waals surface area contributed by atoms with Crippen LogP contribution in [0.25, 0.3) is 0 Å². The number of piperidine rings is 1. The van der Waals surface area contributed by atoms with E-state index in [0.29, 0.717) is 18.0 Å². The van der Waals surface area contributed by atoms with Gasteiger partial charge in [0.2, 0.25) is 0 Å². The lowest BCUT2D eigenvalue weighted by atomic mass is 9.99. The molecule has 1 saturated heterocycles. The van der Waals surface area contributed by atoms with E-state index >= 15 is 0 Å². The van der Waals surface area contributed by atoms with Gasteiger partial charge < -0.3 is 16.0 Å². The molecule has 1 aromatic heterocycles. The second-order valence-corrected chi connectivity index (χ2v) is 8.36. The average Bonchev–Trinajstić information content (AvgIpc) is 3.09. The van der Waals surface area contributed by atoms with E-state index in [1.807, 2.05) is 6.92 Å². The van der Waals surface area contributed by atoms with Crippen LogP contribution >= 0.6 is 35.3 Å². The molecule has 0 aliphatic carbocycles. The van der Waals surface area contributed by atoms with Crippen molar-refractivity contribution in [2.45, 2.75) is 52.5 Å². The van der Waals surface area contributed by atoms with Crippen LogP contribution in [0.4, 0.5) is 0 Å². The van der Waals surface area contributed by atoms with Crippen LogP contribution in [0, 0.1) is 6.92 Å². The Labute approximate surface area is 190 Å². The third-order valence-corrected chi connectivity index (χ3v) is 5.76. The zero-order chi connectivity index (χ0) is 19.7. The van der Waals surface area contributed by atoms with Crippen LogP contribution in [0.5, 0.6) is 0 Å². The van der Waals surface area contributed by atoms with Crippen LogP contribution in [0.1, 0.15) is 55.4 Å². The summed E-state index contributed by atoms with van der Waals surface area (Å²) in [6.07, 6.45) is 3.90. The van der Waals surface area contributed by atoms with Crippen molar-refractivity contribution in [2.75, 3.05) is 39.3 Å². The molecule has 0 aromatic carbocycles. The highest BCUT2D eigenvalue weighted by Gasteiger charge is 2.27. The summed E-state index contributed by atoms with van der Waals surface area (Å²) < 4.78 is 0. The largest absolute Gasteiger partial charge is 0.357 e. The van der Waals surface area contributed by atoms with Gasteiger partial charge in [0.1, 0.15) is 4.88 Å². The smallest absolute Gasteiger partial charge is 0.263 e. The fraction of sp³-hybridized carbons (Fsp3) is 0.737. The molecule has 1 amide bonds. The molecule has 0 saturated carbocycles. The maximum Gasteiger partial charge on any atom is 0.263 e. The summed E-state index contributed by atoms with van der Waals surface area (Å²) in [5, 5.41) is 9.51. The van der Waals surface area contributed by atoms with Crippen molar-refractivity contribution < 1.29 is 4.79 Å². The summed E-state index contributed by atoms with van der Waals surface area (Å²) in [5.41, 5.74) is 2.53. The van der Waals surface area contributed by atoms with Gasteiger partial charge in [0.05, 0.1) is 17.7 Å². The minimum atomic E-state index is -0.0648. The molecule has 3 N–H and O–H groups in total. The van der Waals surface area contributed by atoms with E-state index in [4.69, 9.17) is 4.99 Å². The van der Waals surface area contributed by atoms with Gasteiger partial charge in [-0.05, 0) is 53.6 Å². The second kappa shape index (κ2) is 12.6. The SMILES string of the molecule is CCNC(=NCC(C)(C)N1CCCCC1)NCCNC(=O)c1scnc1C.I. The van der Waals surface area contributed by atoms with Crippen molar-refractivity contribution in [3.8, 4) is 0 Å². The molecule has 0 spiro atoms. The summed E-state index contributed by atoms with van der Waals surface area (Å²) in [7, 11) is 0. The Morgan fingerprint density at radius 3 is 2.50 bits per heavy atom. The normalized spacial score (nSPS) is 15.6. The van der Waals surface area contributed by atoms with Gasteiger partial charge in [-0.2, -0.15) is 0 Å². The molecule has 1 aliphatic rings. The first-order valence-electron chi connectivity index (χ1n) is 9.89. The number of aryl methyl sites for hydroxylation is 1. The maximum absolute atomic E-state index is 12.1. The molecule has 1 aromatic rings. The summed E-state index contributed by atoms with van der Waals surface area (Å²) in [6.45, 7) is 13.5. The van der Waals surface area contributed by atoms with Crippen molar-refractivity contribution in [1.29, 1.82) is 0 Å². The quantitative estimate of drug-likeness (QED) is 0.212. The summed E-state index contributed by atoms with van der Waals surface area (Å²) in [6, 6.07) is 0. The van der Waals surface area contributed by atoms with Crippen LogP contribution in [-0.2, 0) is 0 Å². The number of halogens is 1. The number of hydrogen-bond donors (Lipinski definition) is 3. The number of nitrogens with zero attached hydrogens (tertiary/aromatic N) is 3. The second-order valence-electron chi connectivity index (χ2n) is 7.50. The number of aliphatic imine (C=N–C) groups is 1. The molecule has 0 atom stereocenters. The number of rotatable bonds is 8. The van der Waals surface area contributed by atoms with Gasteiger partial charge in [0.15, 0.2) is 5.96 Å². The molecule has 1 fully saturated rings. The van der Waals surface area contributed by atoms with Crippen molar-refractivity contribution >= 4 is 47.2 Å². The molecular formula is C19H35IN6OS. The fourth-order valence-electron chi connectivity index (χ4n) is 3.17. The summed E-state index contributed by atoms with van der Waals surface area (Å²) >= 11 is 1.37. The number of guanidine groups is 1. The van der Waals surface area contributed by atoms with E-state index in [1.165, 1.54) is 30.6 Å². The highest BCUT2D eigenvalue weighted by molar-refractivity contribution is 14.0. The van der Waals surface area contributed by atoms with Gasteiger partial charge in [0.25, 0.3) is 5.91 Å². The summed E-state index contributed by atoms with van der Waals surface area (Å²) in [4.78, 5) is 24.2. The summed E-state index contributed by atoms with van der Waals surface area (Å²) in [5.74, 6) is 0.732. The molecule has 0 bridgehead atoms. The number of nitrogens with one attached hydrogen (secondary N) is 3. The molecular weight excluding hydrogens is 487 g/mol. The molecule has 9 heteroatoms. The number of carbonyl (C=O) groups excluding carboxylic acids is 1. The Bertz CT molecular complexity index is 628. The first kappa shape index (κ1) is 25.1. The van der Waals surface area contributed by atoms with Gasteiger partial charge in [-0.25, -0.2) is 4.98 Å². The first-order valence-corrected chi connectivity index (χ1v) is 10.8. The molecule has 2 rings (SSSR count). The van der Waals surface area contributed by atoms with E-state index in [1.54, 1.807) is 5.51 Å². The van der Waals surface area contributed by atoms with E-state index in [9.17, 15) is 4.79 Å². The molecule has 1 aliphatic heterocycles. The van der Waals surface area contributed by atoms with Gasteiger partial charge in [-0.1, -0.05) is 6.42 Å². The van der Waals surface area contributed by atoms with Crippen LogP contribution in [0.3, 0.4) is 0 Å². The Hall–Kier alpha value is -0.940. The van der Waals surface area contributed by atoms with Crippen molar-refractivity contribution in [3.63, 3.8) is 0 Å². The molecule has 0 unspecified atom stereocenters. The molecule has 2 heterocycles. The third-order valence-electron chi connectivity index (χ3n) is 4.84. The highest BCUT2D eigenvalue weighted by atomic mass is 127. The molecule has 28 heavy (non-hydrogen) atoms. The maximum atomic E-state index is 12.1. The van der Waals surface area contributed by atoms with E-state index in [2.05, 4.69) is 46.6 Å². The Balaban J connectivity index is 0.00000392. The van der Waals surface area contributed by atoms with Crippen molar-refractivity contribution in [1.82, 2.24) is 25.8 Å². The van der Waals surface area contributed by atoms with E-state index in [-0.39, 0.29) is 35.4 Å². The van der Waals surface area contributed by atoms with Gasteiger partial charge in [0, 0.05) is 25.2 Å². The predicted octanol–water partition coefficient (Wildman–Crippen LogP) is 2.62. The van der Waals surface area contributed by atoms with Crippen LogP contribution in [0.2, 0.25) is 0 Å². The van der Waals surface area contributed by atoms with Gasteiger partial charge in [-0.15, -0.1) is 35.3 Å². The lowest BCUT2D eigenvalue weighted by molar-refractivity contribution is 0.0957. The lowest BCUT2D eigenvalue weighted by Crippen LogP contribution is -2.50.